The second-order valence-electron chi connectivity index (χ2n) is 4.74. The average Bonchev–Trinajstić information content (AvgIpc) is 2.71. The van der Waals surface area contributed by atoms with E-state index in [-0.39, 0.29) is 24.1 Å². The van der Waals surface area contributed by atoms with Crippen LogP contribution in [0, 0.1) is 5.82 Å². The molecule has 1 aromatic carbocycles. The van der Waals surface area contributed by atoms with Gasteiger partial charge >= 0.3 is 0 Å². The van der Waals surface area contributed by atoms with Crippen molar-refractivity contribution >= 4 is 23.4 Å². The number of carbonyl (C=O) groups excluding carboxylic acids is 3. The van der Waals surface area contributed by atoms with Gasteiger partial charge in [-0.25, -0.2) is 9.29 Å². The molecule has 112 valence electrons. The van der Waals surface area contributed by atoms with Crippen molar-refractivity contribution in [1.29, 1.82) is 0 Å². The van der Waals surface area contributed by atoms with Gasteiger partial charge < -0.3 is 10.6 Å². The molecule has 0 radical (unpaired) electrons. The van der Waals surface area contributed by atoms with Crippen LogP contribution in [0.1, 0.15) is 13.3 Å². The van der Waals surface area contributed by atoms with Crippen molar-refractivity contribution in [2.45, 2.75) is 19.4 Å². The monoisotopic (exact) mass is 293 g/mol. The van der Waals surface area contributed by atoms with Crippen LogP contribution in [-0.4, -0.2) is 36.9 Å². The number of benzene rings is 1. The van der Waals surface area contributed by atoms with Gasteiger partial charge in [0.1, 0.15) is 5.82 Å². The molecule has 7 heteroatoms. The molecule has 1 atom stereocenters. The van der Waals surface area contributed by atoms with E-state index < -0.39 is 11.9 Å². The first-order valence-electron chi connectivity index (χ1n) is 6.59. The molecule has 1 heterocycles. The van der Waals surface area contributed by atoms with Gasteiger partial charge in [-0.15, -0.1) is 0 Å². The third-order valence-electron chi connectivity index (χ3n) is 3.12. The van der Waals surface area contributed by atoms with Crippen LogP contribution in [0.4, 0.5) is 10.1 Å². The van der Waals surface area contributed by atoms with Crippen molar-refractivity contribution in [3.05, 3.63) is 30.1 Å². The van der Waals surface area contributed by atoms with Crippen LogP contribution in [0.2, 0.25) is 0 Å². The highest BCUT2D eigenvalue weighted by Gasteiger charge is 2.39. The summed E-state index contributed by atoms with van der Waals surface area (Å²) in [5.74, 6) is -1.28. The lowest BCUT2D eigenvalue weighted by atomic mass is 10.2. The number of amides is 3. The Kier molecular flexibility index (Phi) is 4.64. The SMILES string of the molecule is CC(=O)NCCNC1CC(=O)N(c2ccc(F)cc2)C1=O. The van der Waals surface area contributed by atoms with E-state index in [2.05, 4.69) is 10.6 Å². The average molecular weight is 293 g/mol. The molecule has 3 amide bonds. The quantitative estimate of drug-likeness (QED) is 0.600. The smallest absolute Gasteiger partial charge is 0.251 e. The second-order valence-corrected chi connectivity index (χ2v) is 4.74. The van der Waals surface area contributed by atoms with Crippen molar-refractivity contribution in [3.63, 3.8) is 0 Å². The summed E-state index contributed by atoms with van der Waals surface area (Å²) in [6.07, 6.45) is 0.0519. The molecule has 1 fully saturated rings. The number of nitrogens with one attached hydrogen (secondary N) is 2. The molecule has 0 saturated carbocycles. The first kappa shape index (κ1) is 15.1. The van der Waals surface area contributed by atoms with Gasteiger partial charge in [-0.05, 0) is 24.3 Å². The molecule has 0 aliphatic carbocycles. The number of nitrogens with zero attached hydrogens (tertiary/aromatic N) is 1. The summed E-state index contributed by atoms with van der Waals surface area (Å²) in [5, 5.41) is 5.52. The first-order valence-corrected chi connectivity index (χ1v) is 6.59. The molecule has 2 rings (SSSR count). The van der Waals surface area contributed by atoms with E-state index in [1.54, 1.807) is 0 Å². The van der Waals surface area contributed by atoms with E-state index >= 15 is 0 Å². The van der Waals surface area contributed by atoms with Crippen molar-refractivity contribution in [3.8, 4) is 0 Å². The Hall–Kier alpha value is -2.28. The maximum absolute atomic E-state index is 12.9. The zero-order valence-corrected chi connectivity index (χ0v) is 11.6. The highest BCUT2D eigenvalue weighted by Crippen LogP contribution is 2.22. The Morgan fingerprint density at radius 1 is 1.29 bits per heavy atom. The summed E-state index contributed by atoms with van der Waals surface area (Å²) in [6, 6.07) is 4.58. The molecule has 1 saturated heterocycles. The lowest BCUT2D eigenvalue weighted by Crippen LogP contribution is -2.41. The molecular weight excluding hydrogens is 277 g/mol. The van der Waals surface area contributed by atoms with Gasteiger partial charge in [-0.2, -0.15) is 0 Å². The van der Waals surface area contributed by atoms with Gasteiger partial charge in [0.25, 0.3) is 5.91 Å². The Bertz CT molecular complexity index is 559. The van der Waals surface area contributed by atoms with E-state index in [1.165, 1.54) is 31.2 Å². The topological polar surface area (TPSA) is 78.5 Å². The predicted molar refractivity (Wildman–Crippen MR) is 74.0 cm³/mol. The normalized spacial score (nSPS) is 18.2. The van der Waals surface area contributed by atoms with Crippen molar-refractivity contribution in [2.75, 3.05) is 18.0 Å². The van der Waals surface area contributed by atoms with Crippen molar-refractivity contribution in [2.24, 2.45) is 0 Å². The minimum absolute atomic E-state index is 0.0519. The number of halogens is 1. The molecule has 1 aliphatic rings. The lowest BCUT2D eigenvalue weighted by Gasteiger charge is -2.15. The predicted octanol–water partition coefficient (Wildman–Crippen LogP) is 0.183. The summed E-state index contributed by atoms with van der Waals surface area (Å²) in [6.45, 7) is 2.17. The van der Waals surface area contributed by atoms with Gasteiger partial charge in [0.05, 0.1) is 18.2 Å². The summed E-state index contributed by atoms with van der Waals surface area (Å²) >= 11 is 0. The number of rotatable bonds is 5. The van der Waals surface area contributed by atoms with Crippen LogP contribution in [0.5, 0.6) is 0 Å². The Morgan fingerprint density at radius 2 is 1.95 bits per heavy atom. The Labute approximate surface area is 121 Å². The highest BCUT2D eigenvalue weighted by atomic mass is 19.1. The minimum Gasteiger partial charge on any atom is -0.355 e. The van der Waals surface area contributed by atoms with Gasteiger partial charge in [0, 0.05) is 20.0 Å². The van der Waals surface area contributed by atoms with Crippen LogP contribution >= 0.6 is 0 Å². The van der Waals surface area contributed by atoms with Crippen LogP contribution in [0.15, 0.2) is 24.3 Å². The minimum atomic E-state index is -0.615. The molecule has 1 aliphatic heterocycles. The Morgan fingerprint density at radius 3 is 2.57 bits per heavy atom. The largest absolute Gasteiger partial charge is 0.355 e. The van der Waals surface area contributed by atoms with Gasteiger partial charge in [-0.3, -0.25) is 14.4 Å². The summed E-state index contributed by atoms with van der Waals surface area (Å²) in [5.41, 5.74) is 0.359. The second kappa shape index (κ2) is 6.45. The molecule has 2 N–H and O–H groups in total. The van der Waals surface area contributed by atoms with Crippen LogP contribution in [0.3, 0.4) is 0 Å². The molecular formula is C14H16FN3O3. The van der Waals surface area contributed by atoms with Crippen molar-refractivity contribution in [1.82, 2.24) is 10.6 Å². The lowest BCUT2D eigenvalue weighted by molar-refractivity contribution is -0.122. The number of hydrogen-bond acceptors (Lipinski definition) is 4. The van der Waals surface area contributed by atoms with E-state index in [4.69, 9.17) is 0 Å². The number of carbonyl (C=O) groups is 3. The number of hydrogen-bond donors (Lipinski definition) is 2. The van der Waals surface area contributed by atoms with E-state index in [1.807, 2.05) is 0 Å². The molecule has 6 nitrogen and oxygen atoms in total. The highest BCUT2D eigenvalue weighted by molar-refractivity contribution is 6.22. The third kappa shape index (κ3) is 3.63. The third-order valence-corrected chi connectivity index (χ3v) is 3.12. The zero-order chi connectivity index (χ0) is 15.4. The maximum atomic E-state index is 12.9. The maximum Gasteiger partial charge on any atom is 0.251 e. The van der Waals surface area contributed by atoms with Crippen LogP contribution < -0.4 is 15.5 Å². The molecule has 1 aromatic rings. The number of imide groups is 1. The van der Waals surface area contributed by atoms with Crippen LogP contribution in [-0.2, 0) is 14.4 Å². The van der Waals surface area contributed by atoms with E-state index in [9.17, 15) is 18.8 Å². The Balaban J connectivity index is 1.96. The molecule has 0 aromatic heterocycles. The van der Waals surface area contributed by atoms with Gasteiger partial charge in [0.15, 0.2) is 0 Å². The standard InChI is InChI=1S/C14H16FN3O3/c1-9(19)16-6-7-17-12-8-13(20)18(14(12)21)11-4-2-10(15)3-5-11/h2-5,12,17H,6-8H2,1H3,(H,16,19). The van der Waals surface area contributed by atoms with E-state index in [0.29, 0.717) is 18.8 Å². The molecule has 0 bridgehead atoms. The molecule has 1 unspecified atom stereocenters. The van der Waals surface area contributed by atoms with Crippen LogP contribution in [0.25, 0.3) is 0 Å². The fourth-order valence-electron chi connectivity index (χ4n) is 2.14. The van der Waals surface area contributed by atoms with Gasteiger partial charge in [0.2, 0.25) is 11.8 Å². The van der Waals surface area contributed by atoms with E-state index in [0.717, 1.165) is 4.90 Å². The summed E-state index contributed by atoms with van der Waals surface area (Å²) < 4.78 is 12.9. The molecule has 21 heavy (non-hydrogen) atoms. The molecule has 0 spiro atoms. The van der Waals surface area contributed by atoms with Gasteiger partial charge in [-0.1, -0.05) is 0 Å². The fraction of sp³-hybridized carbons (Fsp3) is 0.357. The zero-order valence-electron chi connectivity index (χ0n) is 11.6. The van der Waals surface area contributed by atoms with Crippen molar-refractivity contribution < 1.29 is 18.8 Å². The number of anilines is 1. The first-order chi connectivity index (χ1) is 9.99. The summed E-state index contributed by atoms with van der Waals surface area (Å²) in [7, 11) is 0. The fourth-order valence-corrected chi connectivity index (χ4v) is 2.14. The summed E-state index contributed by atoms with van der Waals surface area (Å²) in [4.78, 5) is 35.9.